The third kappa shape index (κ3) is 4.50. The molecule has 0 aliphatic carbocycles. The van der Waals surface area contributed by atoms with Crippen molar-refractivity contribution in [2.75, 3.05) is 19.6 Å². The lowest BCUT2D eigenvalue weighted by Crippen LogP contribution is -2.48. The predicted octanol–water partition coefficient (Wildman–Crippen LogP) is 3.48. The second-order valence-electron chi connectivity index (χ2n) is 8.04. The third-order valence-electron chi connectivity index (χ3n) is 5.08. The molecule has 4 heteroatoms. The van der Waals surface area contributed by atoms with Crippen molar-refractivity contribution in [3.63, 3.8) is 0 Å². The van der Waals surface area contributed by atoms with Crippen LogP contribution in [0, 0.1) is 0 Å². The lowest BCUT2D eigenvalue weighted by molar-refractivity contribution is -0.134. The van der Waals surface area contributed by atoms with Crippen LogP contribution in [0.5, 0.6) is 0 Å². The number of nitrogens with zero attached hydrogens (tertiary/aromatic N) is 2. The summed E-state index contributed by atoms with van der Waals surface area (Å²) in [6.45, 7) is 9.04. The highest BCUT2D eigenvalue weighted by Gasteiger charge is 2.27. The van der Waals surface area contributed by atoms with Crippen LogP contribution in [0.4, 0.5) is 0 Å². The maximum atomic E-state index is 12.9. The lowest BCUT2D eigenvalue weighted by Gasteiger charge is -2.36. The highest BCUT2D eigenvalue weighted by Crippen LogP contribution is 2.24. The number of carbonyl (C=O) groups is 1. The molecule has 1 atom stereocenters. The molecular weight excluding hydrogens is 322 g/mol. The van der Waals surface area contributed by atoms with Crippen molar-refractivity contribution in [2.45, 2.75) is 45.1 Å². The number of benzene rings is 1. The zero-order chi connectivity index (χ0) is 18.6. The number of amides is 1. The Hall–Kier alpha value is -2.20. The van der Waals surface area contributed by atoms with Crippen molar-refractivity contribution in [1.29, 1.82) is 0 Å². The zero-order valence-corrected chi connectivity index (χ0v) is 16.0. The molecule has 4 nitrogen and oxygen atoms in total. The molecule has 1 aromatic heterocycles. The van der Waals surface area contributed by atoms with Gasteiger partial charge in [0.25, 0.3) is 0 Å². The first kappa shape index (κ1) is 18.6. The first-order valence-electron chi connectivity index (χ1n) is 9.45. The van der Waals surface area contributed by atoms with Crippen LogP contribution in [0.25, 0.3) is 0 Å². The average molecular weight is 351 g/mol. The van der Waals surface area contributed by atoms with Gasteiger partial charge in [-0.05, 0) is 34.6 Å². The van der Waals surface area contributed by atoms with Crippen LogP contribution in [0.15, 0.2) is 48.8 Å². The van der Waals surface area contributed by atoms with E-state index >= 15 is 0 Å². The maximum absolute atomic E-state index is 12.9. The van der Waals surface area contributed by atoms with Crippen molar-refractivity contribution in [1.82, 2.24) is 15.2 Å². The van der Waals surface area contributed by atoms with E-state index in [-0.39, 0.29) is 17.4 Å². The molecule has 1 amide bonds. The fourth-order valence-electron chi connectivity index (χ4n) is 3.44. The average Bonchev–Trinajstić information content (AvgIpc) is 2.66. The first-order chi connectivity index (χ1) is 12.4. The number of pyridine rings is 1. The number of aromatic nitrogens is 1. The SMILES string of the molecule is CC(C)(C)c1ccc(CCC(=O)N2CCNCC2c2cccnc2)cc1. The fourth-order valence-corrected chi connectivity index (χ4v) is 3.44. The molecule has 0 spiro atoms. The van der Waals surface area contributed by atoms with Crippen LogP contribution < -0.4 is 5.32 Å². The Kier molecular flexibility index (Phi) is 5.72. The van der Waals surface area contributed by atoms with E-state index in [4.69, 9.17) is 0 Å². The number of carbonyl (C=O) groups excluding carboxylic acids is 1. The van der Waals surface area contributed by atoms with Gasteiger partial charge in [-0.3, -0.25) is 9.78 Å². The smallest absolute Gasteiger partial charge is 0.223 e. The Labute approximate surface area is 156 Å². The monoisotopic (exact) mass is 351 g/mol. The van der Waals surface area contributed by atoms with Crippen molar-refractivity contribution in [2.24, 2.45) is 0 Å². The van der Waals surface area contributed by atoms with Gasteiger partial charge in [0, 0.05) is 38.4 Å². The Morgan fingerprint density at radius 1 is 1.23 bits per heavy atom. The Morgan fingerprint density at radius 2 is 2.00 bits per heavy atom. The van der Waals surface area contributed by atoms with E-state index < -0.39 is 0 Å². The summed E-state index contributed by atoms with van der Waals surface area (Å²) in [6, 6.07) is 12.7. The molecule has 1 N–H and O–H groups in total. The number of nitrogens with one attached hydrogen (secondary N) is 1. The summed E-state index contributed by atoms with van der Waals surface area (Å²) < 4.78 is 0. The largest absolute Gasteiger partial charge is 0.333 e. The van der Waals surface area contributed by atoms with Gasteiger partial charge in [-0.1, -0.05) is 51.1 Å². The number of hydrogen-bond acceptors (Lipinski definition) is 3. The molecule has 1 aliphatic heterocycles. The van der Waals surface area contributed by atoms with Crippen LogP contribution in [0.1, 0.15) is 49.9 Å². The maximum Gasteiger partial charge on any atom is 0.223 e. The van der Waals surface area contributed by atoms with Gasteiger partial charge in [-0.2, -0.15) is 0 Å². The number of piperazine rings is 1. The highest BCUT2D eigenvalue weighted by molar-refractivity contribution is 5.77. The summed E-state index contributed by atoms with van der Waals surface area (Å²) in [5.41, 5.74) is 3.81. The first-order valence-corrected chi connectivity index (χ1v) is 9.45. The van der Waals surface area contributed by atoms with Gasteiger partial charge in [0.2, 0.25) is 5.91 Å². The summed E-state index contributed by atoms with van der Waals surface area (Å²) in [7, 11) is 0. The summed E-state index contributed by atoms with van der Waals surface area (Å²) in [5.74, 6) is 0.222. The van der Waals surface area contributed by atoms with Crippen molar-refractivity contribution < 1.29 is 4.79 Å². The van der Waals surface area contributed by atoms with Crippen molar-refractivity contribution >= 4 is 5.91 Å². The van der Waals surface area contributed by atoms with Crippen LogP contribution in [0.3, 0.4) is 0 Å². The fraction of sp³-hybridized carbons (Fsp3) is 0.455. The van der Waals surface area contributed by atoms with E-state index in [1.807, 2.05) is 17.2 Å². The number of aryl methyl sites for hydroxylation is 1. The summed E-state index contributed by atoms with van der Waals surface area (Å²) in [5, 5.41) is 3.39. The van der Waals surface area contributed by atoms with Gasteiger partial charge in [0.05, 0.1) is 6.04 Å². The van der Waals surface area contributed by atoms with Gasteiger partial charge in [-0.25, -0.2) is 0 Å². The molecule has 26 heavy (non-hydrogen) atoms. The lowest BCUT2D eigenvalue weighted by atomic mass is 9.86. The molecule has 2 heterocycles. The molecule has 1 aliphatic rings. The van der Waals surface area contributed by atoms with E-state index in [0.29, 0.717) is 6.42 Å². The van der Waals surface area contributed by atoms with E-state index in [1.165, 1.54) is 11.1 Å². The minimum Gasteiger partial charge on any atom is -0.333 e. The minimum atomic E-state index is 0.0771. The Bertz CT molecular complexity index is 719. The van der Waals surface area contributed by atoms with E-state index in [1.54, 1.807) is 6.20 Å². The second kappa shape index (κ2) is 8.00. The van der Waals surface area contributed by atoms with Crippen LogP contribution in [-0.4, -0.2) is 35.4 Å². The topological polar surface area (TPSA) is 45.2 Å². The normalized spacial score (nSPS) is 18.0. The summed E-state index contributed by atoms with van der Waals surface area (Å²) in [4.78, 5) is 19.1. The van der Waals surface area contributed by atoms with E-state index in [0.717, 1.165) is 31.6 Å². The molecule has 138 valence electrons. The zero-order valence-electron chi connectivity index (χ0n) is 16.0. The van der Waals surface area contributed by atoms with E-state index in [9.17, 15) is 4.79 Å². The van der Waals surface area contributed by atoms with Gasteiger partial charge in [0.1, 0.15) is 0 Å². The van der Waals surface area contributed by atoms with Crippen LogP contribution in [0.2, 0.25) is 0 Å². The number of hydrogen-bond donors (Lipinski definition) is 1. The molecule has 1 aromatic carbocycles. The molecule has 1 fully saturated rings. The molecule has 2 aromatic rings. The van der Waals surface area contributed by atoms with Gasteiger partial charge >= 0.3 is 0 Å². The summed E-state index contributed by atoms with van der Waals surface area (Å²) >= 11 is 0. The standard InChI is InChI=1S/C22H29N3O/c1-22(2,3)19-9-6-17(7-10-19)8-11-21(26)25-14-13-24-16-20(25)18-5-4-12-23-15-18/h4-7,9-10,12,15,20,24H,8,11,13-14,16H2,1-3H3. The predicted molar refractivity (Wildman–Crippen MR) is 105 cm³/mol. The van der Waals surface area contributed by atoms with Gasteiger partial charge in [-0.15, -0.1) is 0 Å². The molecule has 0 radical (unpaired) electrons. The van der Waals surface area contributed by atoms with Crippen LogP contribution >= 0.6 is 0 Å². The molecule has 1 unspecified atom stereocenters. The second-order valence-corrected chi connectivity index (χ2v) is 8.04. The Morgan fingerprint density at radius 3 is 2.65 bits per heavy atom. The Balaban J connectivity index is 1.63. The van der Waals surface area contributed by atoms with Crippen molar-refractivity contribution in [3.8, 4) is 0 Å². The quantitative estimate of drug-likeness (QED) is 0.917. The third-order valence-corrected chi connectivity index (χ3v) is 5.08. The number of rotatable bonds is 4. The molecule has 0 bridgehead atoms. The molecule has 3 rings (SSSR count). The molecule has 0 saturated carbocycles. The molecule has 1 saturated heterocycles. The van der Waals surface area contributed by atoms with Gasteiger partial charge in [0.15, 0.2) is 0 Å². The van der Waals surface area contributed by atoms with Crippen LogP contribution in [-0.2, 0) is 16.6 Å². The summed E-state index contributed by atoms with van der Waals surface area (Å²) in [6.07, 6.45) is 4.97. The van der Waals surface area contributed by atoms with E-state index in [2.05, 4.69) is 61.4 Å². The van der Waals surface area contributed by atoms with Crippen molar-refractivity contribution in [3.05, 3.63) is 65.5 Å². The highest BCUT2D eigenvalue weighted by atomic mass is 16.2. The molecular formula is C22H29N3O. The van der Waals surface area contributed by atoms with Gasteiger partial charge < -0.3 is 10.2 Å². The minimum absolute atomic E-state index is 0.0771.